The third-order valence-electron chi connectivity index (χ3n) is 10.8. The van der Waals surface area contributed by atoms with Gasteiger partial charge in [-0.15, -0.1) is 0 Å². The fourth-order valence-electron chi connectivity index (χ4n) is 8.33. The number of nitrogens with zero attached hydrogens (tertiary/aromatic N) is 2. The summed E-state index contributed by atoms with van der Waals surface area (Å²) >= 11 is 0. The van der Waals surface area contributed by atoms with Crippen molar-refractivity contribution in [3.63, 3.8) is 0 Å². The summed E-state index contributed by atoms with van der Waals surface area (Å²) in [4.78, 5) is 7.49. The smallest absolute Gasteiger partial charge is 0.227 e. The van der Waals surface area contributed by atoms with Gasteiger partial charge in [-0.25, -0.2) is 4.98 Å². The van der Waals surface area contributed by atoms with E-state index in [9.17, 15) is 0 Å². The summed E-state index contributed by atoms with van der Waals surface area (Å²) in [5, 5.41) is 11.7. The molecule has 10 aromatic carbocycles. The lowest BCUT2D eigenvalue weighted by molar-refractivity contribution is 0.623. The van der Waals surface area contributed by atoms with E-state index in [-0.39, 0.29) is 0 Å². The minimum absolute atomic E-state index is 0.623. The van der Waals surface area contributed by atoms with Gasteiger partial charge in [0.15, 0.2) is 5.58 Å². The predicted molar refractivity (Wildman–Crippen MR) is 227 cm³/mol. The van der Waals surface area contributed by atoms with Crippen LogP contribution in [0.2, 0.25) is 0 Å². The molecule has 0 fully saturated rings. The van der Waals surface area contributed by atoms with Crippen molar-refractivity contribution in [1.29, 1.82) is 0 Å². The number of benzene rings is 10. The van der Waals surface area contributed by atoms with Gasteiger partial charge in [0.2, 0.25) is 5.89 Å². The van der Waals surface area contributed by atoms with E-state index in [2.05, 4.69) is 199 Å². The molecule has 0 saturated heterocycles. The third kappa shape index (κ3) is 4.79. The minimum atomic E-state index is 0.623. The maximum absolute atomic E-state index is 6.84. The topological polar surface area (TPSA) is 29.3 Å². The summed E-state index contributed by atoms with van der Waals surface area (Å²) < 4.78 is 6.84. The molecular weight excluding hydrogens is 657 g/mol. The molecule has 11 rings (SSSR count). The van der Waals surface area contributed by atoms with Crippen LogP contribution in [-0.4, -0.2) is 4.98 Å². The van der Waals surface area contributed by atoms with Crippen molar-refractivity contribution in [3.05, 3.63) is 194 Å². The van der Waals surface area contributed by atoms with E-state index >= 15 is 0 Å². The Bertz CT molecular complexity index is 3220. The number of fused-ring (bicyclic) bond motifs is 10. The fraction of sp³-hybridized carbons (Fsp3) is 0. The largest absolute Gasteiger partial charge is 0.435 e. The lowest BCUT2D eigenvalue weighted by Gasteiger charge is -2.29. The van der Waals surface area contributed by atoms with Crippen LogP contribution < -0.4 is 4.90 Å². The van der Waals surface area contributed by atoms with E-state index in [0.717, 1.165) is 66.0 Å². The van der Waals surface area contributed by atoms with Gasteiger partial charge in [-0.05, 0) is 85.7 Å². The van der Waals surface area contributed by atoms with Gasteiger partial charge in [0.05, 0.1) is 11.4 Å². The zero-order valence-electron chi connectivity index (χ0n) is 29.3. The van der Waals surface area contributed by atoms with Crippen molar-refractivity contribution in [2.24, 2.45) is 0 Å². The molecule has 0 atom stereocenters. The molecule has 3 heteroatoms. The van der Waals surface area contributed by atoms with Crippen molar-refractivity contribution in [2.45, 2.75) is 0 Å². The number of hydrogen-bond acceptors (Lipinski definition) is 3. The first-order valence-electron chi connectivity index (χ1n) is 18.4. The monoisotopic (exact) mass is 688 g/mol. The quantitative estimate of drug-likeness (QED) is 0.169. The number of oxazole rings is 1. The van der Waals surface area contributed by atoms with E-state index in [0.29, 0.717) is 5.89 Å². The Kier molecular flexibility index (Phi) is 6.86. The molecule has 0 aliphatic heterocycles. The predicted octanol–water partition coefficient (Wildman–Crippen LogP) is 14.4. The van der Waals surface area contributed by atoms with Gasteiger partial charge < -0.3 is 9.32 Å². The van der Waals surface area contributed by atoms with Crippen LogP contribution in [0.1, 0.15) is 0 Å². The van der Waals surface area contributed by atoms with E-state index in [1.165, 1.54) is 32.7 Å². The second-order valence-corrected chi connectivity index (χ2v) is 13.9. The highest BCUT2D eigenvalue weighted by Gasteiger charge is 2.21. The molecule has 0 N–H and O–H groups in total. The molecule has 1 aromatic heterocycles. The maximum atomic E-state index is 6.84. The summed E-state index contributed by atoms with van der Waals surface area (Å²) in [6, 6.07) is 69.3. The molecule has 11 aromatic rings. The zero-order chi connectivity index (χ0) is 35.6. The van der Waals surface area contributed by atoms with E-state index < -0.39 is 0 Å². The highest BCUT2D eigenvalue weighted by atomic mass is 16.3. The van der Waals surface area contributed by atoms with Gasteiger partial charge in [0.25, 0.3) is 0 Å². The molecule has 54 heavy (non-hydrogen) atoms. The molecule has 0 aliphatic rings. The molecule has 0 spiro atoms. The van der Waals surface area contributed by atoms with Crippen LogP contribution in [0.5, 0.6) is 0 Å². The number of rotatable bonds is 5. The van der Waals surface area contributed by atoms with Crippen LogP contribution in [0.3, 0.4) is 0 Å². The summed E-state index contributed by atoms with van der Waals surface area (Å²) in [7, 11) is 0. The summed E-state index contributed by atoms with van der Waals surface area (Å²) in [5.74, 6) is 0.623. The Morgan fingerprint density at radius 3 is 1.89 bits per heavy atom. The molecule has 0 amide bonds. The second-order valence-electron chi connectivity index (χ2n) is 13.9. The molecule has 252 valence electrons. The number of aromatic nitrogens is 1. The van der Waals surface area contributed by atoms with Crippen LogP contribution in [0.4, 0.5) is 17.1 Å². The van der Waals surface area contributed by atoms with Crippen molar-refractivity contribution in [2.75, 3.05) is 4.90 Å². The Morgan fingerprint density at radius 2 is 1.02 bits per heavy atom. The molecule has 3 nitrogen and oxygen atoms in total. The average Bonchev–Trinajstić information content (AvgIpc) is 3.69. The van der Waals surface area contributed by atoms with Gasteiger partial charge in [-0.1, -0.05) is 152 Å². The minimum Gasteiger partial charge on any atom is -0.435 e. The van der Waals surface area contributed by atoms with Crippen molar-refractivity contribution in [3.8, 4) is 22.6 Å². The van der Waals surface area contributed by atoms with Crippen LogP contribution in [0, 0.1) is 0 Å². The molecular formula is C51H32N2O. The average molecular weight is 689 g/mol. The van der Waals surface area contributed by atoms with Crippen molar-refractivity contribution >= 4 is 82.0 Å². The number of hydrogen-bond donors (Lipinski definition) is 0. The summed E-state index contributed by atoms with van der Waals surface area (Å²) in [6.45, 7) is 0. The first-order valence-corrected chi connectivity index (χ1v) is 18.4. The lowest BCUT2D eigenvalue weighted by Crippen LogP contribution is -2.11. The van der Waals surface area contributed by atoms with Crippen molar-refractivity contribution < 1.29 is 4.42 Å². The standard InChI is InChI=1S/C51H32N2O/c1-3-12-33(13-4-1)41-18-9-10-20-46(41)53(39-15-5-2-6-16-39)47-21-11-19-43-42(47)30-28-36-25-26-37-29-31-45-50(49(37)48(36)43)54-51(52-45)38-27-24-35-23-22-34-14-7-8-17-40(34)44(35)32-38/h1-32H. The van der Waals surface area contributed by atoms with E-state index in [4.69, 9.17) is 9.40 Å². The van der Waals surface area contributed by atoms with Crippen LogP contribution >= 0.6 is 0 Å². The van der Waals surface area contributed by atoms with E-state index in [1.54, 1.807) is 0 Å². The van der Waals surface area contributed by atoms with E-state index in [1.807, 2.05) is 0 Å². The summed E-state index contributed by atoms with van der Waals surface area (Å²) in [5.41, 5.74) is 8.28. The van der Waals surface area contributed by atoms with Crippen LogP contribution in [0.25, 0.3) is 87.5 Å². The van der Waals surface area contributed by atoms with Gasteiger partial charge in [-0.3, -0.25) is 0 Å². The zero-order valence-corrected chi connectivity index (χ0v) is 29.3. The van der Waals surface area contributed by atoms with Crippen LogP contribution in [-0.2, 0) is 0 Å². The molecule has 0 unspecified atom stereocenters. The maximum Gasteiger partial charge on any atom is 0.227 e. The summed E-state index contributed by atoms with van der Waals surface area (Å²) in [6.07, 6.45) is 0. The Balaban J connectivity index is 1.15. The van der Waals surface area contributed by atoms with Crippen LogP contribution in [0.15, 0.2) is 199 Å². The Morgan fingerprint density at radius 1 is 0.389 bits per heavy atom. The molecule has 0 aliphatic carbocycles. The SMILES string of the molecule is c1ccc(-c2ccccc2N(c2ccccc2)c2cccc3c2ccc2ccc4ccc5nc(-c6ccc7ccc8ccccc8c7c6)oc5c4c23)cc1. The number of para-hydroxylation sites is 2. The first-order chi connectivity index (χ1) is 26.8. The third-order valence-corrected chi connectivity index (χ3v) is 10.8. The Hall–Kier alpha value is -7.23. The second kappa shape index (κ2) is 12.2. The Labute approximate surface area is 312 Å². The molecule has 0 radical (unpaired) electrons. The molecule has 0 saturated carbocycles. The van der Waals surface area contributed by atoms with Crippen molar-refractivity contribution in [1.82, 2.24) is 4.98 Å². The fourth-order valence-corrected chi connectivity index (χ4v) is 8.33. The normalized spacial score (nSPS) is 11.7. The van der Waals surface area contributed by atoms with Gasteiger partial charge in [0, 0.05) is 33.0 Å². The number of anilines is 3. The van der Waals surface area contributed by atoms with Gasteiger partial charge in [-0.2, -0.15) is 0 Å². The van der Waals surface area contributed by atoms with Gasteiger partial charge >= 0.3 is 0 Å². The van der Waals surface area contributed by atoms with Gasteiger partial charge in [0.1, 0.15) is 5.52 Å². The molecule has 1 heterocycles. The molecule has 0 bridgehead atoms. The first kappa shape index (κ1) is 30.4. The highest BCUT2D eigenvalue weighted by Crippen LogP contribution is 2.46. The lowest BCUT2D eigenvalue weighted by atomic mass is 9.94. The highest BCUT2D eigenvalue weighted by molar-refractivity contribution is 6.27.